The molecule has 1 aliphatic rings. The van der Waals surface area contributed by atoms with Gasteiger partial charge in [-0.1, -0.05) is 12.1 Å². The minimum atomic E-state index is -3.60. The molecule has 8 nitrogen and oxygen atoms in total. The first kappa shape index (κ1) is 21.0. The van der Waals surface area contributed by atoms with Gasteiger partial charge in [-0.2, -0.15) is 14.6 Å². The highest BCUT2D eigenvalue weighted by Gasteiger charge is 2.26. The van der Waals surface area contributed by atoms with Gasteiger partial charge in [0, 0.05) is 25.2 Å². The molecule has 31 heavy (non-hydrogen) atoms. The van der Waals surface area contributed by atoms with Gasteiger partial charge >= 0.3 is 0 Å². The lowest BCUT2D eigenvalue weighted by molar-refractivity contribution is 0.0730. The minimum absolute atomic E-state index is 0.0714. The summed E-state index contributed by atoms with van der Waals surface area (Å²) in [7, 11) is -3.60. The number of anilines is 1. The highest BCUT2D eigenvalue weighted by atomic mass is 32.2. The first-order valence-electron chi connectivity index (χ1n) is 9.55. The molecular weight excluding hydrogens is 423 g/mol. The fourth-order valence-electron chi connectivity index (χ4n) is 3.13. The molecule has 160 valence electrons. The van der Waals surface area contributed by atoms with Crippen molar-refractivity contribution in [3.63, 3.8) is 0 Å². The molecule has 2 aromatic carbocycles. The van der Waals surface area contributed by atoms with Gasteiger partial charge in [0.2, 0.25) is 27.5 Å². The fraction of sp³-hybridized carbons (Fsp3) is 0.238. The van der Waals surface area contributed by atoms with Crippen molar-refractivity contribution >= 4 is 15.9 Å². The summed E-state index contributed by atoms with van der Waals surface area (Å²) in [6, 6.07) is 14.1. The van der Waals surface area contributed by atoms with Gasteiger partial charge in [-0.15, -0.1) is 0 Å². The summed E-state index contributed by atoms with van der Waals surface area (Å²) in [6.07, 6.45) is 0. The number of rotatable bonds is 6. The number of aromatic nitrogens is 1. The van der Waals surface area contributed by atoms with Crippen molar-refractivity contribution < 1.29 is 22.0 Å². The number of halogens is 1. The third-order valence-corrected chi connectivity index (χ3v) is 6.72. The van der Waals surface area contributed by atoms with Gasteiger partial charge < -0.3 is 14.5 Å². The van der Waals surface area contributed by atoms with Crippen molar-refractivity contribution in [3.8, 4) is 17.5 Å². The summed E-state index contributed by atoms with van der Waals surface area (Å²) in [5, 5.41) is 12.3. The summed E-state index contributed by atoms with van der Waals surface area (Å²) < 4.78 is 50.8. The molecule has 4 rings (SSSR count). The third kappa shape index (κ3) is 4.59. The Kier molecular flexibility index (Phi) is 5.99. The van der Waals surface area contributed by atoms with E-state index in [2.05, 4.69) is 10.3 Å². The third-order valence-electron chi connectivity index (χ3n) is 4.81. The van der Waals surface area contributed by atoms with Crippen LogP contribution in [0.25, 0.3) is 11.5 Å². The number of nitrogens with zero attached hydrogens (tertiary/aromatic N) is 3. The topological polar surface area (TPSA) is 108 Å². The largest absolute Gasteiger partial charge is 0.419 e. The van der Waals surface area contributed by atoms with Crippen LogP contribution in [0.1, 0.15) is 11.3 Å². The molecule has 0 spiro atoms. The zero-order valence-electron chi connectivity index (χ0n) is 16.4. The summed E-state index contributed by atoms with van der Waals surface area (Å²) in [5.41, 5.74) is 1.41. The standard InChI is InChI=1S/C21H19FN4O4S/c22-17-5-1-15(2-6-17)14-24-21-19(13-23)25-20(30-21)16-3-7-18(8-4-16)31(27,28)26-9-11-29-12-10-26/h1-8,24H,9-12,14H2. The van der Waals surface area contributed by atoms with E-state index in [4.69, 9.17) is 9.15 Å². The van der Waals surface area contributed by atoms with Crippen LogP contribution in [0.3, 0.4) is 0 Å². The lowest BCUT2D eigenvalue weighted by atomic mass is 10.2. The van der Waals surface area contributed by atoms with Crippen molar-refractivity contribution in [1.29, 1.82) is 5.26 Å². The molecule has 0 saturated carbocycles. The first-order valence-corrected chi connectivity index (χ1v) is 11.0. The smallest absolute Gasteiger partial charge is 0.243 e. The number of sulfonamides is 1. The molecule has 1 fully saturated rings. The zero-order valence-corrected chi connectivity index (χ0v) is 17.2. The van der Waals surface area contributed by atoms with Crippen LogP contribution in [-0.4, -0.2) is 44.0 Å². The summed E-state index contributed by atoms with van der Waals surface area (Å²) >= 11 is 0. The molecule has 0 amide bonds. The number of nitriles is 1. The Labute approximate surface area is 178 Å². The molecule has 10 heteroatoms. The molecule has 0 atom stereocenters. The number of nitrogens with one attached hydrogen (secondary N) is 1. The van der Waals surface area contributed by atoms with Gasteiger partial charge in [-0.05, 0) is 42.0 Å². The molecule has 0 unspecified atom stereocenters. The van der Waals surface area contributed by atoms with Crippen LogP contribution in [0.4, 0.5) is 10.3 Å². The second-order valence-corrected chi connectivity index (χ2v) is 8.77. The van der Waals surface area contributed by atoms with E-state index in [0.29, 0.717) is 38.4 Å². The van der Waals surface area contributed by atoms with Crippen molar-refractivity contribution in [2.75, 3.05) is 31.6 Å². The van der Waals surface area contributed by atoms with E-state index in [1.165, 1.54) is 28.6 Å². The predicted molar refractivity (Wildman–Crippen MR) is 110 cm³/mol. The highest BCUT2D eigenvalue weighted by Crippen LogP contribution is 2.27. The minimum Gasteiger partial charge on any atom is -0.419 e. The molecule has 1 saturated heterocycles. The molecule has 1 aliphatic heterocycles. The Balaban J connectivity index is 1.51. The number of hydrogen-bond acceptors (Lipinski definition) is 7. The Morgan fingerprint density at radius 1 is 1.10 bits per heavy atom. The summed E-state index contributed by atoms with van der Waals surface area (Å²) in [6.45, 7) is 1.70. The quantitative estimate of drug-likeness (QED) is 0.625. The average molecular weight is 442 g/mol. The van der Waals surface area contributed by atoms with E-state index in [9.17, 15) is 18.1 Å². The zero-order chi connectivity index (χ0) is 21.8. The Morgan fingerprint density at radius 2 is 1.77 bits per heavy atom. The Morgan fingerprint density at radius 3 is 2.42 bits per heavy atom. The molecule has 2 heterocycles. The van der Waals surface area contributed by atoms with Crippen LogP contribution >= 0.6 is 0 Å². The molecule has 0 bridgehead atoms. The Bertz CT molecular complexity index is 1200. The van der Waals surface area contributed by atoms with Gasteiger partial charge in [-0.3, -0.25) is 0 Å². The molecule has 1 aromatic heterocycles. The van der Waals surface area contributed by atoms with Crippen LogP contribution in [0.2, 0.25) is 0 Å². The molecule has 1 N–H and O–H groups in total. The summed E-state index contributed by atoms with van der Waals surface area (Å²) in [5.74, 6) is 0.0443. The van der Waals surface area contributed by atoms with E-state index in [0.717, 1.165) is 5.56 Å². The van der Waals surface area contributed by atoms with Gasteiger partial charge in [0.25, 0.3) is 0 Å². The second kappa shape index (κ2) is 8.85. The maximum atomic E-state index is 13.0. The SMILES string of the molecule is N#Cc1nc(-c2ccc(S(=O)(=O)N3CCOCC3)cc2)oc1NCc1ccc(F)cc1. The van der Waals surface area contributed by atoms with E-state index < -0.39 is 10.0 Å². The molecular formula is C21H19FN4O4S. The van der Waals surface area contributed by atoms with Gasteiger partial charge in [0.05, 0.1) is 18.1 Å². The normalized spacial score (nSPS) is 14.8. The van der Waals surface area contributed by atoms with Crippen LogP contribution in [-0.2, 0) is 21.3 Å². The lowest BCUT2D eigenvalue weighted by Gasteiger charge is -2.26. The van der Waals surface area contributed by atoms with E-state index in [1.54, 1.807) is 24.3 Å². The monoisotopic (exact) mass is 442 g/mol. The predicted octanol–water partition coefficient (Wildman–Crippen LogP) is 2.99. The van der Waals surface area contributed by atoms with Crippen LogP contribution in [0, 0.1) is 17.1 Å². The molecule has 3 aromatic rings. The first-order chi connectivity index (χ1) is 15.0. The number of oxazole rings is 1. The van der Waals surface area contributed by atoms with Crippen LogP contribution in [0.15, 0.2) is 57.8 Å². The van der Waals surface area contributed by atoms with Gasteiger partial charge in [0.1, 0.15) is 11.9 Å². The van der Waals surface area contributed by atoms with Crippen molar-refractivity contribution in [1.82, 2.24) is 9.29 Å². The number of hydrogen-bond donors (Lipinski definition) is 1. The average Bonchev–Trinajstić information content (AvgIpc) is 3.23. The van der Waals surface area contributed by atoms with Crippen molar-refractivity contribution in [2.24, 2.45) is 0 Å². The van der Waals surface area contributed by atoms with Crippen molar-refractivity contribution in [2.45, 2.75) is 11.4 Å². The lowest BCUT2D eigenvalue weighted by Crippen LogP contribution is -2.40. The maximum absolute atomic E-state index is 13.0. The number of benzene rings is 2. The van der Waals surface area contributed by atoms with Gasteiger partial charge in [0.15, 0.2) is 0 Å². The van der Waals surface area contributed by atoms with Crippen LogP contribution < -0.4 is 5.32 Å². The van der Waals surface area contributed by atoms with Crippen molar-refractivity contribution in [3.05, 3.63) is 65.6 Å². The number of ether oxygens (including phenoxy) is 1. The molecule has 0 aliphatic carbocycles. The second-order valence-electron chi connectivity index (χ2n) is 6.83. The van der Waals surface area contributed by atoms with E-state index in [-0.39, 0.29) is 28.2 Å². The Hall–Kier alpha value is -3.26. The van der Waals surface area contributed by atoms with E-state index in [1.807, 2.05) is 6.07 Å². The maximum Gasteiger partial charge on any atom is 0.243 e. The highest BCUT2D eigenvalue weighted by molar-refractivity contribution is 7.89. The van der Waals surface area contributed by atoms with E-state index >= 15 is 0 Å². The number of morpholine rings is 1. The van der Waals surface area contributed by atoms with Crippen LogP contribution in [0.5, 0.6) is 0 Å². The van der Waals surface area contributed by atoms with Gasteiger partial charge in [-0.25, -0.2) is 12.8 Å². The molecule has 0 radical (unpaired) electrons. The summed E-state index contributed by atoms with van der Waals surface area (Å²) in [4.78, 5) is 4.35. The fourth-order valence-corrected chi connectivity index (χ4v) is 4.54.